The van der Waals surface area contributed by atoms with Crippen LogP contribution >= 0.6 is 0 Å². The minimum Gasteiger partial charge on any atom is -0.618 e. The van der Waals surface area contributed by atoms with Crippen LogP contribution in [0, 0.1) is 12.1 Å². The number of carbonyl (C=O) groups is 1. The Morgan fingerprint density at radius 2 is 1.82 bits per heavy atom. The van der Waals surface area contributed by atoms with Crippen molar-refractivity contribution in [3.63, 3.8) is 0 Å². The van der Waals surface area contributed by atoms with Gasteiger partial charge in [0.25, 0.3) is 5.91 Å². The molecule has 0 aliphatic carbocycles. The zero-order valence-electron chi connectivity index (χ0n) is 12.5. The number of hydrogen-bond donors (Lipinski definition) is 1. The molecule has 0 fully saturated rings. The van der Waals surface area contributed by atoms with E-state index in [0.717, 1.165) is 5.75 Å². The molecule has 0 unspecified atom stereocenters. The Bertz CT molecular complexity index is 641. The van der Waals surface area contributed by atoms with Gasteiger partial charge in [0, 0.05) is 18.7 Å². The van der Waals surface area contributed by atoms with Gasteiger partial charge in [-0.1, -0.05) is 0 Å². The summed E-state index contributed by atoms with van der Waals surface area (Å²) >= 11 is 0. The van der Waals surface area contributed by atoms with Crippen LogP contribution in [0.5, 0.6) is 11.5 Å². The van der Waals surface area contributed by atoms with Crippen LogP contribution in [-0.4, -0.2) is 19.1 Å². The number of amides is 1. The number of rotatable bonds is 6. The summed E-state index contributed by atoms with van der Waals surface area (Å²) in [5.41, 5.74) is 1.21. The SMILES string of the molecule is CCOc1ccc(NC(=O)COc2ccc(C)[n+]([O-])c2)cc1. The van der Waals surface area contributed by atoms with Gasteiger partial charge in [0.2, 0.25) is 6.20 Å². The van der Waals surface area contributed by atoms with Crippen LogP contribution < -0.4 is 19.5 Å². The van der Waals surface area contributed by atoms with Gasteiger partial charge in [-0.15, -0.1) is 0 Å². The van der Waals surface area contributed by atoms with Gasteiger partial charge in [-0.25, -0.2) is 0 Å². The van der Waals surface area contributed by atoms with Crippen LogP contribution in [-0.2, 0) is 4.79 Å². The van der Waals surface area contributed by atoms with E-state index in [1.54, 1.807) is 43.3 Å². The van der Waals surface area contributed by atoms with E-state index in [9.17, 15) is 10.0 Å². The molecule has 1 heterocycles. The first-order chi connectivity index (χ1) is 10.6. The molecular weight excluding hydrogens is 284 g/mol. The first-order valence-electron chi connectivity index (χ1n) is 6.94. The van der Waals surface area contributed by atoms with E-state index in [1.165, 1.54) is 6.20 Å². The first-order valence-corrected chi connectivity index (χ1v) is 6.94. The average molecular weight is 302 g/mol. The molecule has 1 N–H and O–H groups in total. The Kier molecular flexibility index (Phi) is 5.19. The van der Waals surface area contributed by atoms with Crippen LogP contribution in [0.2, 0.25) is 0 Å². The highest BCUT2D eigenvalue weighted by Crippen LogP contribution is 2.15. The van der Waals surface area contributed by atoms with Crippen molar-refractivity contribution in [1.29, 1.82) is 0 Å². The number of aromatic nitrogens is 1. The third-order valence-corrected chi connectivity index (χ3v) is 2.90. The summed E-state index contributed by atoms with van der Waals surface area (Å²) in [6, 6.07) is 10.3. The smallest absolute Gasteiger partial charge is 0.262 e. The number of nitrogens with zero attached hydrogens (tertiary/aromatic N) is 1. The summed E-state index contributed by atoms with van der Waals surface area (Å²) in [6.45, 7) is 4.02. The van der Waals surface area contributed by atoms with Gasteiger partial charge in [-0.05, 0) is 37.3 Å². The Hall–Kier alpha value is -2.76. The quantitative estimate of drug-likeness (QED) is 0.654. The van der Waals surface area contributed by atoms with Gasteiger partial charge in [0.1, 0.15) is 5.75 Å². The third kappa shape index (κ3) is 4.37. The minimum absolute atomic E-state index is 0.170. The number of nitrogens with one attached hydrogen (secondary N) is 1. The molecule has 116 valence electrons. The van der Waals surface area contributed by atoms with E-state index in [-0.39, 0.29) is 12.5 Å². The normalized spacial score (nSPS) is 10.1. The van der Waals surface area contributed by atoms with Gasteiger partial charge in [0.15, 0.2) is 18.1 Å². The molecule has 0 saturated carbocycles. The van der Waals surface area contributed by atoms with Crippen LogP contribution in [0.3, 0.4) is 0 Å². The van der Waals surface area contributed by atoms with E-state index in [4.69, 9.17) is 9.47 Å². The standard InChI is InChI=1S/C16H18N2O4/c1-3-21-14-8-5-13(6-9-14)17-16(19)11-22-15-7-4-12(2)18(20)10-15/h4-10H,3,11H2,1-2H3,(H,17,19). The van der Waals surface area contributed by atoms with E-state index in [0.29, 0.717) is 28.5 Å². The number of pyridine rings is 1. The van der Waals surface area contributed by atoms with Gasteiger partial charge in [-0.3, -0.25) is 4.79 Å². The molecule has 22 heavy (non-hydrogen) atoms. The van der Waals surface area contributed by atoms with E-state index in [2.05, 4.69) is 5.32 Å². The lowest BCUT2D eigenvalue weighted by Crippen LogP contribution is -2.29. The third-order valence-electron chi connectivity index (χ3n) is 2.90. The molecule has 6 heteroatoms. The molecule has 1 aromatic heterocycles. The Balaban J connectivity index is 1.85. The minimum atomic E-state index is -0.304. The summed E-state index contributed by atoms with van der Waals surface area (Å²) in [7, 11) is 0. The summed E-state index contributed by atoms with van der Waals surface area (Å²) in [4.78, 5) is 11.8. The van der Waals surface area contributed by atoms with Crippen molar-refractivity contribution in [3.8, 4) is 11.5 Å². The molecule has 0 bridgehead atoms. The second-order valence-electron chi connectivity index (χ2n) is 4.63. The second-order valence-corrected chi connectivity index (χ2v) is 4.63. The predicted octanol–water partition coefficient (Wildman–Crippen LogP) is 2.04. The molecule has 6 nitrogen and oxygen atoms in total. The van der Waals surface area contributed by atoms with Gasteiger partial charge < -0.3 is 20.0 Å². The van der Waals surface area contributed by atoms with Gasteiger partial charge in [0.05, 0.1) is 6.61 Å². The van der Waals surface area contributed by atoms with Crippen molar-refractivity contribution >= 4 is 11.6 Å². The molecule has 1 aromatic carbocycles. The fourth-order valence-corrected chi connectivity index (χ4v) is 1.77. The highest BCUT2D eigenvalue weighted by atomic mass is 16.5. The number of ether oxygens (including phenoxy) is 2. The van der Waals surface area contributed by atoms with E-state index in [1.807, 2.05) is 6.92 Å². The fraction of sp³-hybridized carbons (Fsp3) is 0.250. The van der Waals surface area contributed by atoms with Gasteiger partial charge in [-0.2, -0.15) is 4.73 Å². The fourth-order valence-electron chi connectivity index (χ4n) is 1.77. The first kappa shape index (κ1) is 15.6. The van der Waals surface area contributed by atoms with Crippen LogP contribution in [0.1, 0.15) is 12.6 Å². The summed E-state index contributed by atoms with van der Waals surface area (Å²) in [6.07, 6.45) is 1.29. The highest BCUT2D eigenvalue weighted by Gasteiger charge is 2.07. The maximum atomic E-state index is 11.8. The zero-order chi connectivity index (χ0) is 15.9. The highest BCUT2D eigenvalue weighted by molar-refractivity contribution is 5.91. The van der Waals surface area contributed by atoms with E-state index >= 15 is 0 Å². The van der Waals surface area contributed by atoms with Crippen LogP contribution in [0.15, 0.2) is 42.6 Å². The average Bonchev–Trinajstić information content (AvgIpc) is 2.51. The number of aryl methyl sites for hydroxylation is 1. The molecule has 0 aliphatic heterocycles. The van der Waals surface area contributed by atoms with Crippen molar-refractivity contribution < 1.29 is 19.0 Å². The van der Waals surface area contributed by atoms with Crippen molar-refractivity contribution in [3.05, 3.63) is 53.5 Å². The molecule has 2 rings (SSSR count). The lowest BCUT2D eigenvalue weighted by molar-refractivity contribution is -0.612. The molecule has 0 atom stereocenters. The summed E-state index contributed by atoms with van der Waals surface area (Å²) in [5, 5.41) is 14.1. The summed E-state index contributed by atoms with van der Waals surface area (Å²) in [5.74, 6) is 0.793. The Morgan fingerprint density at radius 1 is 1.14 bits per heavy atom. The van der Waals surface area contributed by atoms with Crippen molar-refractivity contribution in [2.24, 2.45) is 0 Å². The molecule has 1 amide bonds. The molecule has 2 aromatic rings. The van der Waals surface area contributed by atoms with Crippen molar-refractivity contribution in [2.75, 3.05) is 18.5 Å². The van der Waals surface area contributed by atoms with Gasteiger partial charge >= 0.3 is 0 Å². The van der Waals surface area contributed by atoms with Crippen molar-refractivity contribution in [2.45, 2.75) is 13.8 Å². The Morgan fingerprint density at radius 3 is 2.45 bits per heavy atom. The lowest BCUT2D eigenvalue weighted by atomic mass is 10.3. The predicted molar refractivity (Wildman–Crippen MR) is 81.9 cm³/mol. The molecule has 0 spiro atoms. The zero-order valence-corrected chi connectivity index (χ0v) is 12.5. The molecule has 0 saturated heterocycles. The maximum absolute atomic E-state index is 11.8. The van der Waals surface area contributed by atoms with Crippen molar-refractivity contribution in [1.82, 2.24) is 0 Å². The molecule has 0 radical (unpaired) electrons. The largest absolute Gasteiger partial charge is 0.618 e. The van der Waals surface area contributed by atoms with Crippen LogP contribution in [0.4, 0.5) is 5.69 Å². The number of anilines is 1. The molecular formula is C16H18N2O4. The summed E-state index contributed by atoms with van der Waals surface area (Å²) < 4.78 is 11.3. The van der Waals surface area contributed by atoms with E-state index < -0.39 is 0 Å². The Labute approximate surface area is 128 Å². The monoisotopic (exact) mass is 302 g/mol. The number of hydrogen-bond acceptors (Lipinski definition) is 4. The topological polar surface area (TPSA) is 74.5 Å². The van der Waals surface area contributed by atoms with Crippen LogP contribution in [0.25, 0.3) is 0 Å². The number of carbonyl (C=O) groups excluding carboxylic acids is 1. The molecule has 0 aliphatic rings. The second kappa shape index (κ2) is 7.31. The maximum Gasteiger partial charge on any atom is 0.262 e. The lowest BCUT2D eigenvalue weighted by Gasteiger charge is -2.08. The number of benzene rings is 1.